The van der Waals surface area contributed by atoms with Crippen molar-refractivity contribution in [1.29, 1.82) is 0 Å². The van der Waals surface area contributed by atoms with Gasteiger partial charge in [-0.05, 0) is 58.6 Å². The van der Waals surface area contributed by atoms with Crippen molar-refractivity contribution in [2.24, 2.45) is 0 Å². The maximum Gasteiger partial charge on any atom is 0.337 e. The van der Waals surface area contributed by atoms with Crippen LogP contribution in [0.5, 0.6) is 0 Å². The van der Waals surface area contributed by atoms with Crippen molar-refractivity contribution in [2.45, 2.75) is 13.1 Å². The molecule has 0 spiro atoms. The van der Waals surface area contributed by atoms with Crippen LogP contribution in [0.1, 0.15) is 31.8 Å². The number of imidazole rings is 1. The molecule has 1 heterocycles. The third kappa shape index (κ3) is 4.78. The third-order valence-corrected chi connectivity index (χ3v) is 5.30. The van der Waals surface area contributed by atoms with Crippen LogP contribution in [0.15, 0.2) is 54.9 Å². The second-order valence-corrected chi connectivity index (χ2v) is 7.05. The smallest absolute Gasteiger partial charge is 0.337 e. The van der Waals surface area contributed by atoms with E-state index in [4.69, 9.17) is 32.7 Å². The molecule has 1 aromatic heterocycles. The average Bonchev–Trinajstić information content (AvgIpc) is 3.01. The van der Waals surface area contributed by atoms with Crippen molar-refractivity contribution in [3.63, 3.8) is 0 Å². The number of nitrogens with zero attached hydrogens (tertiary/aromatic N) is 2. The maximum atomic E-state index is 11.5. The first-order valence-electron chi connectivity index (χ1n) is 8.71. The molecule has 0 atom stereocenters. The molecule has 6 nitrogen and oxygen atoms in total. The molecule has 2 aromatic carbocycles. The molecule has 3 aromatic rings. The van der Waals surface area contributed by atoms with E-state index < -0.39 is 0 Å². The molecule has 0 fully saturated rings. The predicted molar refractivity (Wildman–Crippen MR) is 108 cm³/mol. The zero-order valence-corrected chi connectivity index (χ0v) is 17.4. The number of aromatic nitrogens is 2. The van der Waals surface area contributed by atoms with Gasteiger partial charge in [-0.15, -0.1) is 0 Å². The van der Waals surface area contributed by atoms with Crippen LogP contribution in [-0.2, 0) is 22.6 Å². The molecular weight excluding hydrogens is 415 g/mol. The lowest BCUT2D eigenvalue weighted by Crippen LogP contribution is -2.33. The quantitative estimate of drug-likeness (QED) is 0.438. The Bertz CT molecular complexity index is 946. The maximum absolute atomic E-state index is 11.5. The summed E-state index contributed by atoms with van der Waals surface area (Å²) in [6, 6.07) is 14.2. The Morgan fingerprint density at radius 2 is 1.34 bits per heavy atom. The lowest BCUT2D eigenvalue weighted by molar-refractivity contribution is -0.685. The number of hydrogen-bond acceptors (Lipinski definition) is 4. The molecule has 0 amide bonds. The minimum Gasteiger partial charge on any atom is -0.465 e. The minimum atomic E-state index is -0.380. The van der Waals surface area contributed by atoms with E-state index in [2.05, 4.69) is 0 Å². The van der Waals surface area contributed by atoms with Gasteiger partial charge in [0.25, 0.3) is 10.3 Å². The van der Waals surface area contributed by atoms with Gasteiger partial charge in [0.1, 0.15) is 13.1 Å². The number of hydrogen-bond donors (Lipinski definition) is 0. The van der Waals surface area contributed by atoms with Crippen molar-refractivity contribution in [1.82, 2.24) is 4.57 Å². The standard InChI is InChI=1S/C21H19Cl2N2O4/c1-28-20(26)16-7-3-14(4-8-16)11-24-13-25(19(23)18(24)22)12-15-5-9-17(10-6-15)21(27)29-2/h3-10,13H,11-12H2,1-2H3/q+1. The summed E-state index contributed by atoms with van der Waals surface area (Å²) < 4.78 is 13.0. The number of benzene rings is 2. The molecule has 0 saturated carbocycles. The summed E-state index contributed by atoms with van der Waals surface area (Å²) in [6.07, 6.45) is 1.83. The Balaban J connectivity index is 1.75. The van der Waals surface area contributed by atoms with Crippen molar-refractivity contribution in [3.05, 3.63) is 87.4 Å². The van der Waals surface area contributed by atoms with Crippen LogP contribution < -0.4 is 4.57 Å². The molecule has 0 aliphatic rings. The molecule has 0 saturated heterocycles. The molecule has 3 rings (SSSR count). The van der Waals surface area contributed by atoms with Gasteiger partial charge in [0.15, 0.2) is 0 Å². The van der Waals surface area contributed by atoms with Crippen molar-refractivity contribution in [3.8, 4) is 0 Å². The molecule has 150 valence electrons. The van der Waals surface area contributed by atoms with Gasteiger partial charge in [-0.3, -0.25) is 0 Å². The highest BCUT2D eigenvalue weighted by molar-refractivity contribution is 6.39. The first kappa shape index (κ1) is 20.9. The van der Waals surface area contributed by atoms with Crippen LogP contribution in [0.2, 0.25) is 10.3 Å². The summed E-state index contributed by atoms with van der Waals surface area (Å²) in [5.74, 6) is -0.760. The third-order valence-electron chi connectivity index (χ3n) is 4.41. The summed E-state index contributed by atoms with van der Waals surface area (Å²) in [5, 5.41) is 0.824. The summed E-state index contributed by atoms with van der Waals surface area (Å²) in [4.78, 5) is 23.1. The fourth-order valence-corrected chi connectivity index (χ4v) is 3.27. The first-order valence-corrected chi connectivity index (χ1v) is 9.46. The van der Waals surface area contributed by atoms with Crippen molar-refractivity contribution < 1.29 is 23.6 Å². The van der Waals surface area contributed by atoms with Gasteiger partial charge < -0.3 is 9.47 Å². The number of carbonyl (C=O) groups excluding carboxylic acids is 2. The Morgan fingerprint density at radius 3 is 1.83 bits per heavy atom. The normalized spacial score (nSPS) is 10.6. The average molecular weight is 434 g/mol. The van der Waals surface area contributed by atoms with E-state index in [0.717, 1.165) is 11.1 Å². The van der Waals surface area contributed by atoms with Crippen molar-refractivity contribution in [2.75, 3.05) is 14.2 Å². The Hall–Kier alpha value is -2.83. The Kier molecular flexibility index (Phi) is 6.56. The molecule has 8 heteroatoms. The molecule has 0 bridgehead atoms. The van der Waals surface area contributed by atoms with E-state index in [-0.39, 0.29) is 11.9 Å². The van der Waals surface area contributed by atoms with Gasteiger partial charge in [-0.1, -0.05) is 24.3 Å². The molecular formula is C21H19Cl2N2O4+. The molecule has 0 aliphatic heterocycles. The molecule has 0 unspecified atom stereocenters. The fraction of sp³-hybridized carbons (Fsp3) is 0.190. The molecule has 0 radical (unpaired) electrons. The summed E-state index contributed by atoms with van der Waals surface area (Å²) in [6.45, 7) is 0.989. The lowest BCUT2D eigenvalue weighted by atomic mass is 10.1. The Morgan fingerprint density at radius 1 is 0.862 bits per heavy atom. The highest BCUT2D eigenvalue weighted by Crippen LogP contribution is 2.21. The van der Waals surface area contributed by atoms with Gasteiger partial charge >= 0.3 is 11.9 Å². The molecule has 0 aliphatic carbocycles. The fourth-order valence-electron chi connectivity index (χ4n) is 2.85. The van der Waals surface area contributed by atoms with Gasteiger partial charge in [-0.2, -0.15) is 0 Å². The Labute approximate surface area is 178 Å². The van der Waals surface area contributed by atoms with Crippen LogP contribution in [0.3, 0.4) is 0 Å². The van der Waals surface area contributed by atoms with E-state index in [0.29, 0.717) is 34.5 Å². The second-order valence-electron chi connectivity index (χ2n) is 6.33. The van der Waals surface area contributed by atoms with Crippen LogP contribution in [-0.4, -0.2) is 30.7 Å². The number of carbonyl (C=O) groups is 2. The highest BCUT2D eigenvalue weighted by atomic mass is 35.5. The number of methoxy groups -OCH3 is 2. The number of rotatable bonds is 6. The van der Waals surface area contributed by atoms with E-state index in [1.165, 1.54) is 14.2 Å². The summed E-state index contributed by atoms with van der Waals surface area (Å²) in [5.41, 5.74) is 2.89. The number of esters is 2. The van der Waals surface area contributed by atoms with E-state index in [1.807, 2.05) is 39.7 Å². The van der Waals surface area contributed by atoms with E-state index in [1.54, 1.807) is 24.3 Å². The predicted octanol–water partition coefficient (Wildman–Crippen LogP) is 3.75. The van der Waals surface area contributed by atoms with Gasteiger partial charge in [0.2, 0.25) is 6.33 Å². The zero-order chi connectivity index (χ0) is 21.0. The van der Waals surface area contributed by atoms with Crippen LogP contribution in [0, 0.1) is 0 Å². The minimum absolute atomic E-state index is 0.380. The van der Waals surface area contributed by atoms with Crippen LogP contribution >= 0.6 is 23.2 Å². The zero-order valence-electron chi connectivity index (χ0n) is 15.9. The van der Waals surface area contributed by atoms with Crippen molar-refractivity contribution >= 4 is 35.1 Å². The topological polar surface area (TPSA) is 61.4 Å². The first-order chi connectivity index (χ1) is 13.9. The van der Waals surface area contributed by atoms with E-state index >= 15 is 0 Å². The highest BCUT2D eigenvalue weighted by Gasteiger charge is 2.21. The SMILES string of the molecule is COC(=O)c1ccc(Cn2c[n+](Cc3ccc(C(=O)OC)cc3)c(Cl)c2Cl)cc1. The summed E-state index contributed by atoms with van der Waals surface area (Å²) >= 11 is 12.8. The van der Waals surface area contributed by atoms with Gasteiger partial charge in [0, 0.05) is 0 Å². The molecule has 29 heavy (non-hydrogen) atoms. The largest absolute Gasteiger partial charge is 0.465 e. The van der Waals surface area contributed by atoms with Crippen LogP contribution in [0.4, 0.5) is 0 Å². The number of halogens is 2. The number of ether oxygens (including phenoxy) is 2. The second kappa shape index (κ2) is 9.11. The summed E-state index contributed by atoms with van der Waals surface area (Å²) in [7, 11) is 2.69. The molecule has 0 N–H and O–H groups in total. The van der Waals surface area contributed by atoms with Gasteiger partial charge in [0.05, 0.1) is 25.3 Å². The monoisotopic (exact) mass is 433 g/mol. The lowest BCUT2D eigenvalue weighted by Gasteiger charge is -2.02. The van der Waals surface area contributed by atoms with E-state index in [9.17, 15) is 9.59 Å². The van der Waals surface area contributed by atoms with Gasteiger partial charge in [-0.25, -0.2) is 18.7 Å². The van der Waals surface area contributed by atoms with Crippen LogP contribution in [0.25, 0.3) is 0 Å².